The molecular weight excluding hydrogens is 286 g/mol. The number of rotatable bonds is 3. The van der Waals surface area contributed by atoms with Gasteiger partial charge in [-0.1, -0.05) is 0 Å². The second kappa shape index (κ2) is 5.44. The summed E-state index contributed by atoms with van der Waals surface area (Å²) < 4.78 is 5.14. The lowest BCUT2D eigenvalue weighted by Gasteiger charge is -2.20. The average molecular weight is 299 g/mol. The van der Waals surface area contributed by atoms with E-state index < -0.39 is 4.92 Å². The number of methoxy groups -OCH3 is 1. The van der Waals surface area contributed by atoms with Gasteiger partial charge in [0.1, 0.15) is 5.75 Å². The standard InChI is InChI=1S/C15H13N3O4/c1-22-12-5-10(7-16-8-12)13-6-11(18(20)21)4-9-2-3-14(19)17-15(9)13/h4-8H,2-3H2,1H3,(H,17,19). The van der Waals surface area contributed by atoms with E-state index in [1.54, 1.807) is 18.5 Å². The molecule has 0 bridgehead atoms. The number of nitro benzene ring substituents is 1. The number of carbonyl (C=O) groups is 1. The Balaban J connectivity index is 2.21. The van der Waals surface area contributed by atoms with Crippen LogP contribution in [0.1, 0.15) is 12.0 Å². The van der Waals surface area contributed by atoms with Crippen LogP contribution in [-0.4, -0.2) is 22.9 Å². The summed E-state index contributed by atoms with van der Waals surface area (Å²) in [6.07, 6.45) is 3.94. The van der Waals surface area contributed by atoms with Crippen molar-refractivity contribution in [3.63, 3.8) is 0 Å². The summed E-state index contributed by atoms with van der Waals surface area (Å²) in [6.45, 7) is 0. The predicted octanol–water partition coefficient (Wildman–Crippen LogP) is 2.55. The fraction of sp³-hybridized carbons (Fsp3) is 0.200. The van der Waals surface area contributed by atoms with E-state index in [2.05, 4.69) is 10.3 Å². The summed E-state index contributed by atoms with van der Waals surface area (Å²) in [7, 11) is 1.52. The Morgan fingerprint density at radius 3 is 2.82 bits per heavy atom. The Labute approximate surface area is 126 Å². The Bertz CT molecular complexity index is 773. The zero-order valence-electron chi connectivity index (χ0n) is 11.8. The Kier molecular flexibility index (Phi) is 3.46. The molecule has 1 aliphatic rings. The van der Waals surface area contributed by atoms with Crippen LogP contribution in [0.2, 0.25) is 0 Å². The number of nitro groups is 1. The minimum atomic E-state index is -0.437. The van der Waals surface area contributed by atoms with E-state index >= 15 is 0 Å². The quantitative estimate of drug-likeness (QED) is 0.694. The Morgan fingerprint density at radius 2 is 2.09 bits per heavy atom. The molecule has 0 saturated carbocycles. The minimum Gasteiger partial charge on any atom is -0.495 e. The highest BCUT2D eigenvalue weighted by Crippen LogP contribution is 2.38. The number of pyridine rings is 1. The topological polar surface area (TPSA) is 94.4 Å². The molecule has 1 aliphatic heterocycles. The molecule has 1 N–H and O–H groups in total. The lowest BCUT2D eigenvalue weighted by atomic mass is 9.95. The zero-order chi connectivity index (χ0) is 15.7. The van der Waals surface area contributed by atoms with E-state index in [9.17, 15) is 14.9 Å². The first-order valence-corrected chi connectivity index (χ1v) is 6.69. The summed E-state index contributed by atoms with van der Waals surface area (Å²) in [5.41, 5.74) is 2.58. The van der Waals surface area contributed by atoms with E-state index in [-0.39, 0.29) is 11.6 Å². The molecule has 3 rings (SSSR count). The lowest BCUT2D eigenvalue weighted by Crippen LogP contribution is -2.20. The van der Waals surface area contributed by atoms with Crippen LogP contribution >= 0.6 is 0 Å². The van der Waals surface area contributed by atoms with Gasteiger partial charge in [-0.2, -0.15) is 0 Å². The van der Waals surface area contributed by atoms with Gasteiger partial charge < -0.3 is 10.1 Å². The number of anilines is 1. The second-order valence-electron chi connectivity index (χ2n) is 4.95. The first-order valence-electron chi connectivity index (χ1n) is 6.69. The maximum absolute atomic E-state index is 11.7. The first-order chi connectivity index (χ1) is 10.6. The van der Waals surface area contributed by atoms with Gasteiger partial charge in [0.15, 0.2) is 0 Å². The Morgan fingerprint density at radius 1 is 1.27 bits per heavy atom. The van der Waals surface area contributed by atoms with Crippen molar-refractivity contribution < 1.29 is 14.5 Å². The van der Waals surface area contributed by atoms with Gasteiger partial charge in [0, 0.05) is 35.9 Å². The maximum atomic E-state index is 11.7. The van der Waals surface area contributed by atoms with Crippen LogP contribution in [0, 0.1) is 10.1 Å². The molecule has 22 heavy (non-hydrogen) atoms. The molecular formula is C15H13N3O4. The number of hydrogen-bond acceptors (Lipinski definition) is 5. The third-order valence-corrected chi connectivity index (χ3v) is 3.56. The smallest absolute Gasteiger partial charge is 0.270 e. The van der Waals surface area contributed by atoms with Crippen molar-refractivity contribution >= 4 is 17.3 Å². The molecule has 2 aromatic rings. The fourth-order valence-electron chi connectivity index (χ4n) is 2.49. The normalized spacial score (nSPS) is 13.2. The van der Waals surface area contributed by atoms with Gasteiger partial charge in [-0.15, -0.1) is 0 Å². The number of ether oxygens (including phenoxy) is 1. The molecule has 7 heteroatoms. The molecule has 0 unspecified atom stereocenters. The van der Waals surface area contributed by atoms with Crippen molar-refractivity contribution in [2.75, 3.05) is 12.4 Å². The van der Waals surface area contributed by atoms with E-state index in [0.717, 1.165) is 5.56 Å². The van der Waals surface area contributed by atoms with Crippen molar-refractivity contribution in [3.8, 4) is 16.9 Å². The summed E-state index contributed by atoms with van der Waals surface area (Å²) in [5, 5.41) is 13.9. The number of nitrogens with one attached hydrogen (secondary N) is 1. The van der Waals surface area contributed by atoms with Crippen LogP contribution in [0.15, 0.2) is 30.6 Å². The number of fused-ring (bicyclic) bond motifs is 1. The van der Waals surface area contributed by atoms with Crippen molar-refractivity contribution in [3.05, 3.63) is 46.3 Å². The van der Waals surface area contributed by atoms with Gasteiger partial charge in [0.2, 0.25) is 5.91 Å². The number of amides is 1. The van der Waals surface area contributed by atoms with Crippen molar-refractivity contribution in [2.45, 2.75) is 12.8 Å². The zero-order valence-corrected chi connectivity index (χ0v) is 11.8. The summed E-state index contributed by atoms with van der Waals surface area (Å²) in [5.74, 6) is 0.443. The summed E-state index contributed by atoms with van der Waals surface area (Å²) in [4.78, 5) is 26.4. The van der Waals surface area contributed by atoms with Gasteiger partial charge in [-0.25, -0.2) is 0 Å². The highest BCUT2D eigenvalue weighted by atomic mass is 16.6. The average Bonchev–Trinajstić information content (AvgIpc) is 2.53. The number of nitrogens with zero attached hydrogens (tertiary/aromatic N) is 2. The third kappa shape index (κ3) is 2.48. The molecule has 112 valence electrons. The molecule has 0 fully saturated rings. The lowest BCUT2D eigenvalue weighted by molar-refractivity contribution is -0.384. The van der Waals surface area contributed by atoms with Crippen LogP contribution in [0.4, 0.5) is 11.4 Å². The molecule has 2 heterocycles. The number of aryl methyl sites for hydroxylation is 1. The maximum Gasteiger partial charge on any atom is 0.270 e. The van der Waals surface area contributed by atoms with E-state index in [1.165, 1.54) is 19.2 Å². The molecule has 1 aromatic heterocycles. The highest BCUT2D eigenvalue weighted by molar-refractivity contribution is 5.99. The molecule has 0 atom stereocenters. The SMILES string of the molecule is COc1cncc(-c2cc([N+](=O)[O-])cc3c2NC(=O)CC3)c1. The molecule has 1 amide bonds. The van der Waals surface area contributed by atoms with Gasteiger partial charge >= 0.3 is 0 Å². The van der Waals surface area contributed by atoms with Crippen LogP contribution in [0.5, 0.6) is 5.75 Å². The largest absolute Gasteiger partial charge is 0.495 e. The van der Waals surface area contributed by atoms with Crippen LogP contribution in [0.3, 0.4) is 0 Å². The predicted molar refractivity (Wildman–Crippen MR) is 79.8 cm³/mol. The molecule has 7 nitrogen and oxygen atoms in total. The third-order valence-electron chi connectivity index (χ3n) is 3.56. The summed E-state index contributed by atoms with van der Waals surface area (Å²) in [6, 6.07) is 4.68. The van der Waals surface area contributed by atoms with E-state index in [0.29, 0.717) is 35.4 Å². The van der Waals surface area contributed by atoms with Gasteiger partial charge in [0.25, 0.3) is 5.69 Å². The van der Waals surface area contributed by atoms with Crippen LogP contribution in [-0.2, 0) is 11.2 Å². The molecule has 1 aromatic carbocycles. The number of carbonyl (C=O) groups excluding carboxylic acids is 1. The minimum absolute atomic E-state index is 0.00674. The van der Waals surface area contributed by atoms with Gasteiger partial charge in [-0.3, -0.25) is 19.9 Å². The van der Waals surface area contributed by atoms with Crippen molar-refractivity contribution in [1.29, 1.82) is 0 Å². The Hall–Kier alpha value is -2.96. The van der Waals surface area contributed by atoms with Crippen molar-refractivity contribution in [1.82, 2.24) is 4.98 Å². The van der Waals surface area contributed by atoms with E-state index in [1.807, 2.05) is 0 Å². The molecule has 0 radical (unpaired) electrons. The van der Waals surface area contributed by atoms with E-state index in [4.69, 9.17) is 4.74 Å². The van der Waals surface area contributed by atoms with Crippen molar-refractivity contribution in [2.24, 2.45) is 0 Å². The number of hydrogen-bond donors (Lipinski definition) is 1. The first kappa shape index (κ1) is 14.0. The molecule has 0 aliphatic carbocycles. The van der Waals surface area contributed by atoms with Crippen LogP contribution < -0.4 is 10.1 Å². The highest BCUT2D eigenvalue weighted by Gasteiger charge is 2.23. The van der Waals surface area contributed by atoms with Crippen LogP contribution in [0.25, 0.3) is 11.1 Å². The monoisotopic (exact) mass is 299 g/mol. The number of non-ortho nitro benzene ring substituents is 1. The number of benzene rings is 1. The van der Waals surface area contributed by atoms with Gasteiger partial charge in [0.05, 0.1) is 23.9 Å². The molecule has 0 saturated heterocycles. The van der Waals surface area contributed by atoms with Gasteiger partial charge in [-0.05, 0) is 18.1 Å². The molecule has 0 spiro atoms. The number of aromatic nitrogens is 1. The summed E-state index contributed by atoms with van der Waals surface area (Å²) >= 11 is 0. The fourth-order valence-corrected chi connectivity index (χ4v) is 2.49. The second-order valence-corrected chi connectivity index (χ2v) is 4.95.